The van der Waals surface area contributed by atoms with Crippen LogP contribution in [0.4, 0.5) is 0 Å². The van der Waals surface area contributed by atoms with E-state index in [0.29, 0.717) is 6.54 Å². The molecule has 0 saturated carbocycles. The molecular formula is C10H10BrN3S. The molecule has 0 spiro atoms. The maximum atomic E-state index is 5.62. The van der Waals surface area contributed by atoms with Gasteiger partial charge >= 0.3 is 0 Å². The van der Waals surface area contributed by atoms with E-state index in [2.05, 4.69) is 25.9 Å². The average molecular weight is 284 g/mol. The van der Waals surface area contributed by atoms with Crippen molar-refractivity contribution >= 4 is 27.3 Å². The van der Waals surface area contributed by atoms with E-state index in [1.54, 1.807) is 17.5 Å². The molecular weight excluding hydrogens is 274 g/mol. The molecule has 0 aliphatic heterocycles. The predicted molar refractivity (Wildman–Crippen MR) is 65.7 cm³/mol. The Kier molecular flexibility index (Phi) is 3.14. The normalized spacial score (nSPS) is 10.6. The smallest absolute Gasteiger partial charge is 0.143 e. The van der Waals surface area contributed by atoms with Crippen molar-refractivity contribution in [2.24, 2.45) is 5.73 Å². The number of aromatic nitrogens is 2. The van der Waals surface area contributed by atoms with Crippen LogP contribution in [0.3, 0.4) is 0 Å². The van der Waals surface area contributed by atoms with Gasteiger partial charge in [0.1, 0.15) is 10.7 Å². The van der Waals surface area contributed by atoms with Gasteiger partial charge in [-0.05, 0) is 35.0 Å². The van der Waals surface area contributed by atoms with Crippen molar-refractivity contribution in [3.8, 4) is 10.7 Å². The first kappa shape index (κ1) is 10.7. The lowest BCUT2D eigenvalue weighted by atomic mass is 10.3. The van der Waals surface area contributed by atoms with Crippen LogP contribution in [-0.4, -0.2) is 9.97 Å². The molecule has 0 amide bonds. The largest absolute Gasteiger partial charge is 0.326 e. The SMILES string of the molecule is Cc1nc(-c2ncccc2Br)sc1CN. The first-order chi connectivity index (χ1) is 7.22. The van der Waals surface area contributed by atoms with Crippen molar-refractivity contribution in [2.75, 3.05) is 0 Å². The topological polar surface area (TPSA) is 51.8 Å². The Bertz CT molecular complexity index is 481. The Morgan fingerprint density at radius 1 is 1.53 bits per heavy atom. The van der Waals surface area contributed by atoms with Crippen LogP contribution < -0.4 is 5.73 Å². The summed E-state index contributed by atoms with van der Waals surface area (Å²) >= 11 is 5.06. The van der Waals surface area contributed by atoms with Crippen molar-refractivity contribution < 1.29 is 0 Å². The van der Waals surface area contributed by atoms with E-state index in [1.165, 1.54) is 0 Å². The fourth-order valence-electron chi connectivity index (χ4n) is 1.26. The van der Waals surface area contributed by atoms with Gasteiger partial charge in [0.15, 0.2) is 0 Å². The second-order valence-electron chi connectivity index (χ2n) is 3.07. The molecule has 2 aromatic heterocycles. The first-order valence-corrected chi connectivity index (χ1v) is 6.10. The third-order valence-corrected chi connectivity index (χ3v) is 3.87. The monoisotopic (exact) mass is 283 g/mol. The molecule has 2 aromatic rings. The van der Waals surface area contributed by atoms with E-state index in [0.717, 1.165) is 25.7 Å². The second-order valence-corrected chi connectivity index (χ2v) is 5.00. The van der Waals surface area contributed by atoms with Crippen molar-refractivity contribution in [1.29, 1.82) is 0 Å². The number of pyridine rings is 1. The van der Waals surface area contributed by atoms with Crippen LogP contribution in [0, 0.1) is 6.92 Å². The minimum atomic E-state index is 0.536. The Balaban J connectivity index is 2.50. The van der Waals surface area contributed by atoms with Crippen LogP contribution in [-0.2, 0) is 6.54 Å². The minimum Gasteiger partial charge on any atom is -0.326 e. The summed E-state index contributed by atoms with van der Waals surface area (Å²) in [5.41, 5.74) is 7.49. The van der Waals surface area contributed by atoms with Gasteiger partial charge in [-0.3, -0.25) is 4.98 Å². The van der Waals surface area contributed by atoms with E-state index < -0.39 is 0 Å². The fourth-order valence-corrected chi connectivity index (χ4v) is 2.79. The van der Waals surface area contributed by atoms with Gasteiger partial charge in [-0.1, -0.05) is 0 Å². The number of rotatable bonds is 2. The summed E-state index contributed by atoms with van der Waals surface area (Å²) in [6, 6.07) is 3.85. The van der Waals surface area contributed by atoms with E-state index >= 15 is 0 Å². The quantitative estimate of drug-likeness (QED) is 0.922. The second kappa shape index (κ2) is 4.38. The van der Waals surface area contributed by atoms with Crippen molar-refractivity contribution in [3.05, 3.63) is 33.4 Å². The van der Waals surface area contributed by atoms with Gasteiger partial charge in [0.2, 0.25) is 0 Å². The maximum Gasteiger partial charge on any atom is 0.143 e. The van der Waals surface area contributed by atoms with Gasteiger partial charge in [-0.25, -0.2) is 4.98 Å². The van der Waals surface area contributed by atoms with Crippen molar-refractivity contribution in [3.63, 3.8) is 0 Å². The molecule has 0 radical (unpaired) electrons. The predicted octanol–water partition coefficient (Wildman–Crippen LogP) is 2.73. The fraction of sp³-hybridized carbons (Fsp3) is 0.200. The number of nitrogens with zero attached hydrogens (tertiary/aromatic N) is 2. The van der Waals surface area contributed by atoms with Crippen molar-refractivity contribution in [1.82, 2.24) is 9.97 Å². The molecule has 0 atom stereocenters. The molecule has 15 heavy (non-hydrogen) atoms. The van der Waals surface area contributed by atoms with E-state index in [1.807, 2.05) is 19.1 Å². The molecule has 2 heterocycles. The molecule has 2 N–H and O–H groups in total. The Morgan fingerprint density at radius 3 is 2.93 bits per heavy atom. The molecule has 0 saturated heterocycles. The summed E-state index contributed by atoms with van der Waals surface area (Å²) in [4.78, 5) is 9.87. The number of hydrogen-bond acceptors (Lipinski definition) is 4. The number of aryl methyl sites for hydroxylation is 1. The summed E-state index contributed by atoms with van der Waals surface area (Å²) in [6.07, 6.45) is 1.76. The lowest BCUT2D eigenvalue weighted by Gasteiger charge is -1.96. The van der Waals surface area contributed by atoms with Crippen LogP contribution in [0.1, 0.15) is 10.6 Å². The average Bonchev–Trinajstić information content (AvgIpc) is 2.60. The zero-order chi connectivity index (χ0) is 10.8. The Labute approximate surface area is 101 Å². The zero-order valence-corrected chi connectivity index (χ0v) is 10.6. The summed E-state index contributed by atoms with van der Waals surface area (Å²) in [7, 11) is 0. The van der Waals surface area contributed by atoms with Gasteiger partial charge in [-0.15, -0.1) is 11.3 Å². The summed E-state index contributed by atoms with van der Waals surface area (Å²) in [6.45, 7) is 2.51. The molecule has 3 nitrogen and oxygen atoms in total. The highest BCUT2D eigenvalue weighted by Crippen LogP contribution is 2.30. The highest BCUT2D eigenvalue weighted by Gasteiger charge is 2.11. The molecule has 78 valence electrons. The molecule has 0 unspecified atom stereocenters. The van der Waals surface area contributed by atoms with Crippen LogP contribution in [0.5, 0.6) is 0 Å². The summed E-state index contributed by atoms with van der Waals surface area (Å²) < 4.78 is 0.960. The van der Waals surface area contributed by atoms with Crippen LogP contribution in [0.25, 0.3) is 10.7 Å². The Hall–Kier alpha value is -0.780. The van der Waals surface area contributed by atoms with Gasteiger partial charge in [-0.2, -0.15) is 0 Å². The minimum absolute atomic E-state index is 0.536. The van der Waals surface area contributed by atoms with Crippen LogP contribution in [0.2, 0.25) is 0 Å². The lowest BCUT2D eigenvalue weighted by Crippen LogP contribution is -1.94. The molecule has 2 rings (SSSR count). The molecule has 0 aliphatic rings. The lowest BCUT2D eigenvalue weighted by molar-refractivity contribution is 1.06. The summed E-state index contributed by atoms with van der Waals surface area (Å²) in [5.74, 6) is 0. The standard InChI is InChI=1S/C10H10BrN3S/c1-6-8(5-12)15-10(14-6)9-7(11)3-2-4-13-9/h2-4H,5,12H2,1H3. The molecule has 5 heteroatoms. The number of hydrogen-bond donors (Lipinski definition) is 1. The molecule has 0 fully saturated rings. The number of thiazole rings is 1. The highest BCUT2D eigenvalue weighted by atomic mass is 79.9. The van der Waals surface area contributed by atoms with E-state index in [-0.39, 0.29) is 0 Å². The van der Waals surface area contributed by atoms with Crippen LogP contribution in [0.15, 0.2) is 22.8 Å². The molecule has 0 bridgehead atoms. The zero-order valence-electron chi connectivity index (χ0n) is 8.20. The first-order valence-electron chi connectivity index (χ1n) is 4.49. The maximum absolute atomic E-state index is 5.62. The van der Waals surface area contributed by atoms with Gasteiger partial charge in [0, 0.05) is 22.1 Å². The third-order valence-electron chi connectivity index (χ3n) is 2.04. The molecule has 0 aromatic carbocycles. The summed E-state index contributed by atoms with van der Waals surface area (Å²) in [5, 5.41) is 0.917. The van der Waals surface area contributed by atoms with Crippen molar-refractivity contribution in [2.45, 2.75) is 13.5 Å². The van der Waals surface area contributed by atoms with E-state index in [4.69, 9.17) is 5.73 Å². The van der Waals surface area contributed by atoms with E-state index in [9.17, 15) is 0 Å². The van der Waals surface area contributed by atoms with Gasteiger partial charge in [0.25, 0.3) is 0 Å². The van der Waals surface area contributed by atoms with Crippen LogP contribution >= 0.6 is 27.3 Å². The number of nitrogens with two attached hydrogens (primary N) is 1. The highest BCUT2D eigenvalue weighted by molar-refractivity contribution is 9.10. The van der Waals surface area contributed by atoms with Gasteiger partial charge < -0.3 is 5.73 Å². The van der Waals surface area contributed by atoms with Gasteiger partial charge in [0.05, 0.1) is 5.69 Å². The molecule has 0 aliphatic carbocycles. The number of halogens is 1. The Morgan fingerprint density at radius 2 is 2.33 bits per heavy atom. The third kappa shape index (κ3) is 2.09.